The van der Waals surface area contributed by atoms with Gasteiger partial charge in [0.25, 0.3) is 0 Å². The van der Waals surface area contributed by atoms with Gasteiger partial charge in [-0.2, -0.15) is 0 Å². The Labute approximate surface area is 87.4 Å². The van der Waals surface area contributed by atoms with Gasteiger partial charge in [0.1, 0.15) is 0 Å². The molecule has 76 valence electrons. The fourth-order valence-corrected chi connectivity index (χ4v) is 1.64. The Kier molecular flexibility index (Phi) is 2.29. The van der Waals surface area contributed by atoms with E-state index in [2.05, 4.69) is 4.98 Å². The molecule has 1 heterocycles. The average Bonchev–Trinajstić information content (AvgIpc) is 2.67. The zero-order valence-corrected chi connectivity index (χ0v) is 8.32. The van der Waals surface area contributed by atoms with Gasteiger partial charge >= 0.3 is 5.97 Å². The number of carboxylic acid groups (broad SMARTS) is 1. The second kappa shape index (κ2) is 3.61. The summed E-state index contributed by atoms with van der Waals surface area (Å²) in [4.78, 5) is 13.8. The first-order chi connectivity index (χ1) is 7.20. The molecule has 2 aromatic rings. The average molecular weight is 201 g/mol. The normalized spacial score (nSPS) is 10.2. The number of rotatable bonds is 2. The molecule has 0 saturated carbocycles. The number of nitrogens with one attached hydrogen (secondary N) is 1. The number of H-pyrrole nitrogens is 1. The van der Waals surface area contributed by atoms with Crippen molar-refractivity contribution < 1.29 is 9.90 Å². The Hall–Kier alpha value is -2.03. The highest BCUT2D eigenvalue weighted by Gasteiger charge is 2.13. The Morgan fingerprint density at radius 2 is 1.93 bits per heavy atom. The summed E-state index contributed by atoms with van der Waals surface area (Å²) >= 11 is 0. The standard InChI is InChI=1S/C12H11NO2/c1-8-4-2-3-5-9(8)10-6-13-7-11(10)12(14)15/h2-7,13H,1H3,(H,14,15). The van der Waals surface area contributed by atoms with Crippen molar-refractivity contribution in [2.45, 2.75) is 6.92 Å². The van der Waals surface area contributed by atoms with E-state index in [0.29, 0.717) is 5.56 Å². The zero-order chi connectivity index (χ0) is 10.8. The molecular weight excluding hydrogens is 190 g/mol. The van der Waals surface area contributed by atoms with E-state index in [1.807, 2.05) is 31.2 Å². The van der Waals surface area contributed by atoms with Gasteiger partial charge in [0.05, 0.1) is 5.56 Å². The van der Waals surface area contributed by atoms with E-state index in [4.69, 9.17) is 5.11 Å². The van der Waals surface area contributed by atoms with Gasteiger partial charge in [-0.15, -0.1) is 0 Å². The first kappa shape index (κ1) is 9.52. The third kappa shape index (κ3) is 1.64. The van der Waals surface area contributed by atoms with Crippen molar-refractivity contribution >= 4 is 5.97 Å². The molecule has 15 heavy (non-hydrogen) atoms. The minimum absolute atomic E-state index is 0.310. The maximum Gasteiger partial charge on any atom is 0.337 e. The van der Waals surface area contributed by atoms with Crippen molar-refractivity contribution in [2.75, 3.05) is 0 Å². The fraction of sp³-hybridized carbons (Fsp3) is 0.0833. The van der Waals surface area contributed by atoms with Crippen LogP contribution in [-0.4, -0.2) is 16.1 Å². The van der Waals surface area contributed by atoms with E-state index in [-0.39, 0.29) is 0 Å². The van der Waals surface area contributed by atoms with Crippen molar-refractivity contribution in [2.24, 2.45) is 0 Å². The molecule has 0 spiro atoms. The molecule has 2 N–H and O–H groups in total. The SMILES string of the molecule is Cc1ccccc1-c1c[nH]cc1C(=O)O. The van der Waals surface area contributed by atoms with E-state index in [1.165, 1.54) is 6.20 Å². The molecule has 0 aliphatic carbocycles. The van der Waals surface area contributed by atoms with Crippen LogP contribution in [0.1, 0.15) is 15.9 Å². The molecule has 0 unspecified atom stereocenters. The predicted molar refractivity (Wildman–Crippen MR) is 57.9 cm³/mol. The summed E-state index contributed by atoms with van der Waals surface area (Å²) in [7, 11) is 0. The summed E-state index contributed by atoms with van der Waals surface area (Å²) in [5.74, 6) is -0.908. The molecular formula is C12H11NO2. The number of aromatic nitrogens is 1. The summed E-state index contributed by atoms with van der Waals surface area (Å²) < 4.78 is 0. The van der Waals surface area contributed by atoms with Crippen LogP contribution in [0.25, 0.3) is 11.1 Å². The smallest absolute Gasteiger partial charge is 0.337 e. The summed E-state index contributed by atoms with van der Waals surface area (Å²) in [6.07, 6.45) is 3.22. The quantitative estimate of drug-likeness (QED) is 0.784. The van der Waals surface area contributed by atoms with E-state index in [0.717, 1.165) is 16.7 Å². The highest BCUT2D eigenvalue weighted by molar-refractivity contribution is 5.96. The van der Waals surface area contributed by atoms with Gasteiger partial charge < -0.3 is 10.1 Å². The second-order valence-electron chi connectivity index (χ2n) is 3.40. The molecule has 1 aromatic heterocycles. The predicted octanol–water partition coefficient (Wildman–Crippen LogP) is 2.69. The van der Waals surface area contributed by atoms with Crippen molar-refractivity contribution in [1.82, 2.24) is 4.98 Å². The molecule has 0 saturated heterocycles. The van der Waals surface area contributed by atoms with Crippen LogP contribution in [0.3, 0.4) is 0 Å². The summed E-state index contributed by atoms with van der Waals surface area (Å²) in [5.41, 5.74) is 3.07. The zero-order valence-electron chi connectivity index (χ0n) is 8.32. The van der Waals surface area contributed by atoms with Crippen LogP contribution in [0.2, 0.25) is 0 Å². The van der Waals surface area contributed by atoms with Crippen LogP contribution in [-0.2, 0) is 0 Å². The van der Waals surface area contributed by atoms with Gasteiger partial charge in [0, 0.05) is 18.0 Å². The number of carbonyl (C=O) groups is 1. The topological polar surface area (TPSA) is 53.1 Å². The van der Waals surface area contributed by atoms with Crippen LogP contribution in [0.4, 0.5) is 0 Å². The molecule has 0 aliphatic heterocycles. The fourth-order valence-electron chi connectivity index (χ4n) is 1.64. The van der Waals surface area contributed by atoms with Crippen molar-refractivity contribution in [3.05, 3.63) is 47.8 Å². The Balaban J connectivity index is 2.59. The maximum atomic E-state index is 10.9. The minimum Gasteiger partial charge on any atom is -0.478 e. The van der Waals surface area contributed by atoms with Gasteiger partial charge in [0.15, 0.2) is 0 Å². The number of aryl methyl sites for hydroxylation is 1. The molecule has 2 rings (SSSR count). The number of hydrogen-bond acceptors (Lipinski definition) is 1. The Morgan fingerprint density at radius 3 is 2.60 bits per heavy atom. The van der Waals surface area contributed by atoms with Gasteiger partial charge in [-0.1, -0.05) is 24.3 Å². The molecule has 0 aliphatic rings. The summed E-state index contributed by atoms with van der Waals surface area (Å²) in [5, 5.41) is 8.99. The van der Waals surface area contributed by atoms with E-state index in [1.54, 1.807) is 6.20 Å². The molecule has 3 heteroatoms. The van der Waals surface area contributed by atoms with Gasteiger partial charge in [-0.3, -0.25) is 0 Å². The first-order valence-electron chi connectivity index (χ1n) is 4.66. The number of benzene rings is 1. The van der Waals surface area contributed by atoms with Gasteiger partial charge in [0.2, 0.25) is 0 Å². The molecule has 0 bridgehead atoms. The minimum atomic E-state index is -0.908. The molecule has 1 aromatic carbocycles. The largest absolute Gasteiger partial charge is 0.478 e. The van der Waals surface area contributed by atoms with Crippen molar-refractivity contribution in [3.63, 3.8) is 0 Å². The van der Waals surface area contributed by atoms with E-state index >= 15 is 0 Å². The van der Waals surface area contributed by atoms with Crippen LogP contribution in [0.5, 0.6) is 0 Å². The van der Waals surface area contributed by atoms with Crippen LogP contribution in [0.15, 0.2) is 36.7 Å². The van der Waals surface area contributed by atoms with Crippen LogP contribution < -0.4 is 0 Å². The molecule has 0 fully saturated rings. The maximum absolute atomic E-state index is 10.9. The molecule has 0 amide bonds. The molecule has 0 radical (unpaired) electrons. The number of aromatic carboxylic acids is 1. The van der Waals surface area contributed by atoms with Gasteiger partial charge in [-0.25, -0.2) is 4.79 Å². The summed E-state index contributed by atoms with van der Waals surface area (Å²) in [6, 6.07) is 7.73. The summed E-state index contributed by atoms with van der Waals surface area (Å²) in [6.45, 7) is 1.97. The third-order valence-electron chi connectivity index (χ3n) is 2.41. The second-order valence-corrected chi connectivity index (χ2v) is 3.40. The van der Waals surface area contributed by atoms with Crippen molar-refractivity contribution in [3.8, 4) is 11.1 Å². The number of hydrogen-bond donors (Lipinski definition) is 2. The van der Waals surface area contributed by atoms with Crippen molar-refractivity contribution in [1.29, 1.82) is 0 Å². The first-order valence-corrected chi connectivity index (χ1v) is 4.66. The highest BCUT2D eigenvalue weighted by Crippen LogP contribution is 2.26. The van der Waals surface area contributed by atoms with Gasteiger partial charge in [-0.05, 0) is 18.1 Å². The number of carboxylic acids is 1. The monoisotopic (exact) mass is 201 g/mol. The van der Waals surface area contributed by atoms with Crippen LogP contribution in [0, 0.1) is 6.92 Å². The lowest BCUT2D eigenvalue weighted by Crippen LogP contribution is -1.96. The molecule has 3 nitrogen and oxygen atoms in total. The third-order valence-corrected chi connectivity index (χ3v) is 2.41. The van der Waals surface area contributed by atoms with E-state index in [9.17, 15) is 4.79 Å². The van der Waals surface area contributed by atoms with Crippen LogP contribution >= 0.6 is 0 Å². The lowest BCUT2D eigenvalue weighted by molar-refractivity contribution is 0.0698. The Morgan fingerprint density at radius 1 is 1.20 bits per heavy atom. The highest BCUT2D eigenvalue weighted by atomic mass is 16.4. The number of aromatic amines is 1. The molecule has 0 atom stereocenters. The lowest BCUT2D eigenvalue weighted by Gasteiger charge is -2.04. The van der Waals surface area contributed by atoms with E-state index < -0.39 is 5.97 Å². The lowest BCUT2D eigenvalue weighted by atomic mass is 10.00. The Bertz CT molecular complexity index is 500.